The third-order valence-corrected chi connectivity index (χ3v) is 6.09. The monoisotopic (exact) mass is 349 g/mol. The van der Waals surface area contributed by atoms with Gasteiger partial charge in [-0.2, -0.15) is 0 Å². The lowest BCUT2D eigenvalue weighted by atomic mass is 10.0. The van der Waals surface area contributed by atoms with E-state index in [0.29, 0.717) is 23.3 Å². The van der Waals surface area contributed by atoms with Crippen LogP contribution >= 0.6 is 0 Å². The van der Waals surface area contributed by atoms with Crippen molar-refractivity contribution in [1.82, 2.24) is 0 Å². The summed E-state index contributed by atoms with van der Waals surface area (Å²) in [5.41, 5.74) is 1.71. The maximum Gasteiger partial charge on any atom is 0.253 e. The Kier molecular flexibility index (Phi) is 7.66. The van der Waals surface area contributed by atoms with Crippen molar-refractivity contribution in [2.24, 2.45) is 0 Å². The fourth-order valence-corrected chi connectivity index (χ4v) is 4.48. The highest BCUT2D eigenvalue weighted by molar-refractivity contribution is 7.84. The van der Waals surface area contributed by atoms with Crippen molar-refractivity contribution in [1.29, 1.82) is 0 Å². The molecule has 0 unspecified atom stereocenters. The highest BCUT2D eigenvalue weighted by Gasteiger charge is 2.20. The van der Waals surface area contributed by atoms with Crippen LogP contribution in [0.15, 0.2) is 36.9 Å². The van der Waals surface area contributed by atoms with Crippen LogP contribution in [0.4, 0.5) is 5.69 Å². The van der Waals surface area contributed by atoms with Crippen molar-refractivity contribution in [3.63, 3.8) is 0 Å². The van der Waals surface area contributed by atoms with Gasteiger partial charge in [-0.25, -0.2) is 0 Å². The highest BCUT2D eigenvalue weighted by Crippen LogP contribution is 2.24. The van der Waals surface area contributed by atoms with Crippen molar-refractivity contribution < 1.29 is 13.7 Å². The van der Waals surface area contributed by atoms with Gasteiger partial charge in [-0.3, -0.25) is 9.00 Å². The zero-order valence-corrected chi connectivity index (χ0v) is 15.1. The van der Waals surface area contributed by atoms with E-state index in [-0.39, 0.29) is 5.91 Å². The van der Waals surface area contributed by atoms with Crippen molar-refractivity contribution in [3.05, 3.63) is 42.5 Å². The summed E-state index contributed by atoms with van der Waals surface area (Å²) in [6.45, 7) is 5.62. The number of amides is 1. The summed E-state index contributed by atoms with van der Waals surface area (Å²) in [5, 5.41) is 3.17. The molecular weight excluding hydrogens is 322 g/mol. The van der Waals surface area contributed by atoms with Crippen LogP contribution in [0.1, 0.15) is 44.6 Å². The molecule has 1 aromatic carbocycles. The Morgan fingerprint density at radius 3 is 2.88 bits per heavy atom. The van der Waals surface area contributed by atoms with Gasteiger partial charge in [0.1, 0.15) is 6.10 Å². The zero-order valence-electron chi connectivity index (χ0n) is 14.3. The van der Waals surface area contributed by atoms with Crippen LogP contribution in [-0.2, 0) is 26.1 Å². The van der Waals surface area contributed by atoms with Crippen molar-refractivity contribution in [3.8, 4) is 0 Å². The van der Waals surface area contributed by atoms with E-state index in [9.17, 15) is 9.00 Å². The minimum absolute atomic E-state index is 0.192. The van der Waals surface area contributed by atoms with Gasteiger partial charge < -0.3 is 10.1 Å². The first-order chi connectivity index (χ1) is 11.6. The molecule has 0 radical (unpaired) electrons. The van der Waals surface area contributed by atoms with Crippen LogP contribution < -0.4 is 5.32 Å². The maximum atomic E-state index is 12.5. The van der Waals surface area contributed by atoms with Crippen LogP contribution in [0, 0.1) is 0 Å². The van der Waals surface area contributed by atoms with Crippen molar-refractivity contribution in [2.75, 3.05) is 11.9 Å². The average Bonchev–Trinajstić information content (AvgIpc) is 2.60. The molecule has 5 heteroatoms. The fourth-order valence-electron chi connectivity index (χ4n) is 2.88. The molecule has 2 atom stereocenters. The van der Waals surface area contributed by atoms with Gasteiger partial charge in [-0.05, 0) is 37.5 Å². The SMILES string of the molecule is C=CCO[C@@H](C)C(=O)Nc1cccc(C[S@@](=O)C2CCCCC2)c1. The molecule has 0 bridgehead atoms. The molecule has 4 nitrogen and oxygen atoms in total. The maximum absolute atomic E-state index is 12.5. The van der Waals surface area contributed by atoms with Gasteiger partial charge in [-0.15, -0.1) is 6.58 Å². The molecule has 1 fully saturated rings. The lowest BCUT2D eigenvalue weighted by Gasteiger charge is -2.21. The van der Waals surface area contributed by atoms with E-state index in [0.717, 1.165) is 18.4 Å². The number of ether oxygens (including phenoxy) is 1. The Morgan fingerprint density at radius 2 is 2.17 bits per heavy atom. The van der Waals surface area contributed by atoms with Gasteiger partial charge in [0.15, 0.2) is 0 Å². The van der Waals surface area contributed by atoms with E-state index in [1.807, 2.05) is 24.3 Å². The Labute approximate surface area is 147 Å². The van der Waals surface area contributed by atoms with Crippen LogP contribution in [0.3, 0.4) is 0 Å². The highest BCUT2D eigenvalue weighted by atomic mass is 32.2. The molecule has 0 spiro atoms. The second-order valence-electron chi connectivity index (χ2n) is 6.24. The lowest BCUT2D eigenvalue weighted by molar-refractivity contribution is -0.125. The molecule has 1 N–H and O–H groups in total. The third-order valence-electron chi connectivity index (χ3n) is 4.26. The molecule has 24 heavy (non-hydrogen) atoms. The largest absolute Gasteiger partial charge is 0.365 e. The summed E-state index contributed by atoms with van der Waals surface area (Å²) in [6.07, 6.45) is 6.86. The number of carbonyl (C=O) groups is 1. The number of benzene rings is 1. The number of rotatable bonds is 8. The first-order valence-corrected chi connectivity index (χ1v) is 9.98. The number of hydrogen-bond donors (Lipinski definition) is 1. The summed E-state index contributed by atoms with van der Waals surface area (Å²) in [7, 11) is -0.840. The van der Waals surface area contributed by atoms with E-state index >= 15 is 0 Å². The molecule has 0 aromatic heterocycles. The number of hydrogen-bond acceptors (Lipinski definition) is 3. The van der Waals surface area contributed by atoms with Crippen LogP contribution in [0.2, 0.25) is 0 Å². The molecule has 0 saturated heterocycles. The van der Waals surface area contributed by atoms with E-state index in [4.69, 9.17) is 4.74 Å². The van der Waals surface area contributed by atoms with Crippen LogP contribution in [-0.4, -0.2) is 28.1 Å². The van der Waals surface area contributed by atoms with Gasteiger partial charge in [-0.1, -0.05) is 37.5 Å². The minimum atomic E-state index is -0.840. The summed E-state index contributed by atoms with van der Waals surface area (Å²) in [4.78, 5) is 12.1. The first kappa shape index (κ1) is 18.9. The quantitative estimate of drug-likeness (QED) is 0.726. The Morgan fingerprint density at radius 1 is 1.42 bits per heavy atom. The molecule has 0 heterocycles. The van der Waals surface area contributed by atoms with Gasteiger partial charge in [0.25, 0.3) is 5.91 Å². The van der Waals surface area contributed by atoms with Gasteiger partial charge in [0.05, 0.1) is 6.61 Å². The van der Waals surface area contributed by atoms with Crippen molar-refractivity contribution in [2.45, 2.75) is 56.1 Å². The minimum Gasteiger partial charge on any atom is -0.365 e. The lowest BCUT2D eigenvalue weighted by Crippen LogP contribution is -2.27. The molecule has 1 amide bonds. The predicted octanol–water partition coefficient (Wildman–Crippen LogP) is 3.80. The normalized spacial score (nSPS) is 17.9. The predicted molar refractivity (Wildman–Crippen MR) is 99.4 cm³/mol. The fraction of sp³-hybridized carbons (Fsp3) is 0.526. The smallest absolute Gasteiger partial charge is 0.253 e. The van der Waals surface area contributed by atoms with Crippen LogP contribution in [0.5, 0.6) is 0 Å². The van der Waals surface area contributed by atoms with Crippen LogP contribution in [0.25, 0.3) is 0 Å². The number of anilines is 1. The second-order valence-corrected chi connectivity index (χ2v) is 7.96. The molecule has 1 aliphatic rings. The topological polar surface area (TPSA) is 55.4 Å². The number of nitrogens with one attached hydrogen (secondary N) is 1. The molecule has 0 aliphatic heterocycles. The zero-order chi connectivity index (χ0) is 17.4. The van der Waals surface area contributed by atoms with E-state index in [1.165, 1.54) is 19.3 Å². The molecular formula is C19H27NO3S. The summed E-state index contributed by atoms with van der Waals surface area (Å²) < 4.78 is 17.8. The van der Waals surface area contributed by atoms with E-state index in [2.05, 4.69) is 11.9 Å². The van der Waals surface area contributed by atoms with E-state index in [1.54, 1.807) is 13.0 Å². The second kappa shape index (κ2) is 9.74. The van der Waals surface area contributed by atoms with Gasteiger partial charge in [0.2, 0.25) is 0 Å². The summed E-state index contributed by atoms with van der Waals surface area (Å²) in [6, 6.07) is 7.59. The Balaban J connectivity index is 1.91. The van der Waals surface area contributed by atoms with Gasteiger partial charge >= 0.3 is 0 Å². The van der Waals surface area contributed by atoms with E-state index < -0.39 is 16.9 Å². The number of carbonyl (C=O) groups excluding carboxylic acids is 1. The van der Waals surface area contributed by atoms with Gasteiger partial charge in [0, 0.05) is 27.5 Å². The Bertz CT molecular complexity index is 582. The molecule has 1 saturated carbocycles. The molecule has 2 rings (SSSR count). The molecule has 132 valence electrons. The summed E-state index contributed by atoms with van der Waals surface area (Å²) in [5.74, 6) is 0.360. The van der Waals surface area contributed by atoms with Crippen molar-refractivity contribution >= 4 is 22.4 Å². The Hall–Kier alpha value is -1.46. The molecule has 1 aliphatic carbocycles. The molecule has 1 aromatic rings. The summed E-state index contributed by atoms with van der Waals surface area (Å²) >= 11 is 0. The average molecular weight is 349 g/mol. The standard InChI is InChI=1S/C19H27NO3S/c1-3-12-23-15(2)19(21)20-17-9-7-8-16(13-17)14-24(22)18-10-5-4-6-11-18/h3,7-9,13,15,18H,1,4-6,10-12,14H2,2H3,(H,20,21)/t15-,24+/m0/s1. The third kappa shape index (κ3) is 5.87. The first-order valence-electron chi connectivity index (χ1n) is 8.59.